The average molecular weight is 432 g/mol. The van der Waals surface area contributed by atoms with Crippen LogP contribution in [0.3, 0.4) is 0 Å². The molecule has 0 bridgehead atoms. The van der Waals surface area contributed by atoms with Crippen molar-refractivity contribution < 1.29 is 13.5 Å². The normalized spacial score (nSPS) is 11.6. The third-order valence-corrected chi connectivity index (χ3v) is 6.19. The highest BCUT2D eigenvalue weighted by atomic mass is 32.2. The Morgan fingerprint density at radius 1 is 1.14 bits per heavy atom. The molecule has 0 aliphatic rings. The van der Waals surface area contributed by atoms with Gasteiger partial charge in [-0.3, -0.25) is 19.6 Å². The standard InChI is InChI=1S/C16H12N6O5S2/c23-13-9-4-2-1-3-8(9)10(5-11(13)28-16-18-7-19-21-16)22-29(26,27)12-6-17-15(25)20-14(12)24/h1-7,22-23H,(H,18,19,21)(H2,17,20,24,25). The van der Waals surface area contributed by atoms with Crippen LogP contribution in [0.5, 0.6) is 5.75 Å². The molecule has 11 nitrogen and oxygen atoms in total. The summed E-state index contributed by atoms with van der Waals surface area (Å²) in [6, 6.07) is 8.03. The molecule has 0 aliphatic heterocycles. The third-order valence-electron chi connectivity index (χ3n) is 3.90. The maximum atomic E-state index is 12.7. The molecule has 0 saturated heterocycles. The number of anilines is 1. The number of aromatic hydroxyl groups is 1. The second kappa shape index (κ2) is 7.10. The lowest BCUT2D eigenvalue weighted by atomic mass is 10.1. The van der Waals surface area contributed by atoms with E-state index in [4.69, 9.17) is 0 Å². The van der Waals surface area contributed by atoms with Gasteiger partial charge in [-0.15, -0.1) is 0 Å². The summed E-state index contributed by atoms with van der Waals surface area (Å²) in [6.45, 7) is 0. The van der Waals surface area contributed by atoms with Crippen molar-refractivity contribution >= 4 is 38.2 Å². The molecule has 0 amide bonds. The van der Waals surface area contributed by atoms with E-state index in [1.165, 1.54) is 12.4 Å². The summed E-state index contributed by atoms with van der Waals surface area (Å²) in [7, 11) is -4.33. The van der Waals surface area contributed by atoms with Crippen molar-refractivity contribution in [3.05, 3.63) is 63.7 Å². The Kier molecular flexibility index (Phi) is 4.60. The third kappa shape index (κ3) is 3.60. The summed E-state index contributed by atoms with van der Waals surface area (Å²) in [4.78, 5) is 30.7. The summed E-state index contributed by atoms with van der Waals surface area (Å²) in [5.41, 5.74) is -1.75. The highest BCUT2D eigenvalue weighted by molar-refractivity contribution is 7.99. The number of rotatable bonds is 5. The minimum absolute atomic E-state index is 0.0631. The molecule has 148 valence electrons. The number of H-pyrrole nitrogens is 3. The molecule has 4 aromatic rings. The Hall–Kier alpha value is -3.58. The Balaban J connectivity index is 1.85. The van der Waals surface area contributed by atoms with Gasteiger partial charge < -0.3 is 10.1 Å². The summed E-state index contributed by atoms with van der Waals surface area (Å²) < 4.78 is 27.8. The van der Waals surface area contributed by atoms with E-state index in [0.717, 1.165) is 18.0 Å². The lowest BCUT2D eigenvalue weighted by Crippen LogP contribution is -2.29. The van der Waals surface area contributed by atoms with E-state index in [9.17, 15) is 23.1 Å². The predicted octanol–water partition coefficient (Wildman–Crippen LogP) is 0.992. The maximum absolute atomic E-state index is 12.7. The Morgan fingerprint density at radius 2 is 1.90 bits per heavy atom. The molecule has 0 unspecified atom stereocenters. The van der Waals surface area contributed by atoms with Crippen molar-refractivity contribution in [1.29, 1.82) is 0 Å². The molecule has 2 aromatic heterocycles. The first-order valence-corrected chi connectivity index (χ1v) is 10.3. The SMILES string of the molecule is O=c1[nH]cc(S(=O)(=O)Nc2cc(Sc3ncn[nH]3)c(O)c3ccccc23)c(=O)[nH]1. The van der Waals surface area contributed by atoms with Crippen LogP contribution in [0, 0.1) is 0 Å². The second-order valence-corrected chi connectivity index (χ2v) is 8.43. The molecule has 4 rings (SSSR count). The molecule has 0 spiro atoms. The molecular formula is C16H12N6O5S2. The first-order chi connectivity index (χ1) is 13.8. The van der Waals surface area contributed by atoms with Crippen LogP contribution in [0.1, 0.15) is 0 Å². The fourth-order valence-corrected chi connectivity index (χ4v) is 4.51. The smallest absolute Gasteiger partial charge is 0.325 e. The molecule has 0 fully saturated rings. The molecule has 2 aromatic carbocycles. The van der Waals surface area contributed by atoms with Gasteiger partial charge in [-0.1, -0.05) is 24.3 Å². The summed E-state index contributed by atoms with van der Waals surface area (Å²) in [5.74, 6) is -0.0631. The quantitative estimate of drug-likeness (QED) is 0.290. The number of aromatic amines is 3. The molecule has 2 heterocycles. The van der Waals surface area contributed by atoms with E-state index in [2.05, 4.69) is 24.9 Å². The van der Waals surface area contributed by atoms with Gasteiger partial charge in [0.05, 0.1) is 10.6 Å². The van der Waals surface area contributed by atoms with E-state index in [1.54, 1.807) is 24.3 Å². The zero-order valence-corrected chi connectivity index (χ0v) is 16.0. The van der Waals surface area contributed by atoms with Crippen LogP contribution < -0.4 is 16.0 Å². The summed E-state index contributed by atoms with van der Waals surface area (Å²) in [6.07, 6.45) is 2.11. The minimum atomic E-state index is -4.33. The van der Waals surface area contributed by atoms with Crippen molar-refractivity contribution in [2.75, 3.05) is 4.72 Å². The van der Waals surface area contributed by atoms with Crippen molar-refractivity contribution in [2.45, 2.75) is 14.9 Å². The van der Waals surface area contributed by atoms with Gasteiger partial charge in [0.2, 0.25) is 0 Å². The van der Waals surface area contributed by atoms with Gasteiger partial charge >= 0.3 is 5.69 Å². The zero-order valence-electron chi connectivity index (χ0n) is 14.3. The van der Waals surface area contributed by atoms with Crippen LogP contribution in [-0.4, -0.2) is 38.7 Å². The largest absolute Gasteiger partial charge is 0.506 e. The number of fused-ring (bicyclic) bond motifs is 1. The fourth-order valence-electron chi connectivity index (χ4n) is 2.64. The monoisotopic (exact) mass is 432 g/mol. The van der Waals surface area contributed by atoms with Gasteiger partial charge in [0.25, 0.3) is 15.6 Å². The molecule has 0 atom stereocenters. The van der Waals surface area contributed by atoms with Crippen LogP contribution in [-0.2, 0) is 10.0 Å². The lowest BCUT2D eigenvalue weighted by molar-refractivity contribution is 0.469. The number of phenols is 1. The van der Waals surface area contributed by atoms with Gasteiger partial charge in [0.1, 0.15) is 12.1 Å². The molecule has 0 radical (unpaired) electrons. The maximum Gasteiger partial charge on any atom is 0.325 e. The zero-order chi connectivity index (χ0) is 20.6. The van der Waals surface area contributed by atoms with Gasteiger partial charge in [-0.2, -0.15) is 5.10 Å². The first kappa shape index (κ1) is 18.8. The Labute approximate surface area is 166 Å². The van der Waals surface area contributed by atoms with Gasteiger partial charge in [0, 0.05) is 17.0 Å². The molecule has 0 aliphatic carbocycles. The minimum Gasteiger partial charge on any atom is -0.506 e. The van der Waals surface area contributed by atoms with Crippen LogP contribution in [0.4, 0.5) is 5.69 Å². The second-order valence-electron chi connectivity index (χ2n) is 5.75. The van der Waals surface area contributed by atoms with E-state index in [-0.39, 0.29) is 11.4 Å². The number of phenolic OH excluding ortho intramolecular Hbond substituents is 1. The van der Waals surface area contributed by atoms with E-state index in [1.807, 2.05) is 4.98 Å². The number of hydrogen-bond acceptors (Lipinski definition) is 8. The highest BCUT2D eigenvalue weighted by Gasteiger charge is 2.22. The first-order valence-electron chi connectivity index (χ1n) is 7.98. The van der Waals surface area contributed by atoms with Crippen molar-refractivity contribution in [3.63, 3.8) is 0 Å². The van der Waals surface area contributed by atoms with Crippen LogP contribution in [0.2, 0.25) is 0 Å². The molecule has 5 N–H and O–H groups in total. The van der Waals surface area contributed by atoms with Gasteiger partial charge in [-0.05, 0) is 17.8 Å². The van der Waals surface area contributed by atoms with Crippen molar-refractivity contribution in [1.82, 2.24) is 25.1 Å². The van der Waals surface area contributed by atoms with E-state index >= 15 is 0 Å². The topological polar surface area (TPSA) is 174 Å². The summed E-state index contributed by atoms with van der Waals surface area (Å²) >= 11 is 1.05. The number of benzene rings is 2. The van der Waals surface area contributed by atoms with Crippen molar-refractivity contribution in [2.24, 2.45) is 0 Å². The number of hydrogen-bond donors (Lipinski definition) is 5. The molecule has 29 heavy (non-hydrogen) atoms. The highest BCUT2D eigenvalue weighted by Crippen LogP contribution is 2.41. The molecule has 13 heteroatoms. The van der Waals surface area contributed by atoms with Crippen LogP contribution in [0.25, 0.3) is 10.8 Å². The van der Waals surface area contributed by atoms with Gasteiger partial charge in [-0.25, -0.2) is 18.2 Å². The number of aromatic nitrogens is 5. The Morgan fingerprint density at radius 3 is 2.59 bits per heavy atom. The number of nitrogens with one attached hydrogen (secondary N) is 4. The van der Waals surface area contributed by atoms with Crippen LogP contribution in [0.15, 0.2) is 67.4 Å². The number of nitrogens with zero attached hydrogens (tertiary/aromatic N) is 2. The molecular weight excluding hydrogens is 420 g/mol. The number of sulfonamides is 1. The van der Waals surface area contributed by atoms with Gasteiger partial charge in [0.15, 0.2) is 10.1 Å². The van der Waals surface area contributed by atoms with Crippen molar-refractivity contribution in [3.8, 4) is 5.75 Å². The lowest BCUT2D eigenvalue weighted by Gasteiger charge is -2.14. The summed E-state index contributed by atoms with van der Waals surface area (Å²) in [5, 5.41) is 18.2. The Bertz CT molecular complexity index is 1430. The van der Waals surface area contributed by atoms with E-state index < -0.39 is 26.2 Å². The predicted molar refractivity (Wildman–Crippen MR) is 105 cm³/mol. The van der Waals surface area contributed by atoms with Crippen LogP contribution >= 0.6 is 11.8 Å². The van der Waals surface area contributed by atoms with E-state index in [0.29, 0.717) is 20.8 Å². The average Bonchev–Trinajstić information content (AvgIpc) is 3.18. The fraction of sp³-hybridized carbons (Fsp3) is 0. The molecule has 0 saturated carbocycles.